The normalized spacial score (nSPS) is 19.3. The van der Waals surface area contributed by atoms with Crippen LogP contribution in [0.1, 0.15) is 15.9 Å². The number of carbonyl (C=O) groups is 2. The summed E-state index contributed by atoms with van der Waals surface area (Å²) < 4.78 is 0. The van der Waals surface area contributed by atoms with Crippen LogP contribution in [0, 0.1) is 0 Å². The topological polar surface area (TPSA) is 49.4 Å². The van der Waals surface area contributed by atoms with Gasteiger partial charge in [0.05, 0.1) is 16.3 Å². The third kappa shape index (κ3) is 1.58. The average molecular weight is 311 g/mol. The van der Waals surface area contributed by atoms with E-state index in [-0.39, 0.29) is 11.7 Å². The maximum absolute atomic E-state index is 12.6. The van der Waals surface area contributed by atoms with Gasteiger partial charge in [-0.05, 0) is 18.2 Å². The van der Waals surface area contributed by atoms with Crippen molar-refractivity contribution in [3.8, 4) is 0 Å². The number of fused-ring (bicyclic) bond motifs is 2. The fraction of sp³-hybridized carbons (Fsp3) is 0.0588. The van der Waals surface area contributed by atoms with E-state index in [2.05, 4.69) is 5.32 Å². The van der Waals surface area contributed by atoms with E-state index < -0.39 is 0 Å². The molecule has 5 heteroatoms. The summed E-state index contributed by atoms with van der Waals surface area (Å²) in [4.78, 5) is 26.7. The molecule has 4 rings (SSSR count). The Hall–Kier alpha value is -2.59. The number of halogens is 1. The van der Waals surface area contributed by atoms with Crippen molar-refractivity contribution in [2.24, 2.45) is 0 Å². The quantitative estimate of drug-likeness (QED) is 0.759. The molecule has 0 saturated carbocycles. The lowest BCUT2D eigenvalue weighted by Crippen LogP contribution is -2.22. The monoisotopic (exact) mass is 310 g/mol. The Morgan fingerprint density at radius 2 is 1.73 bits per heavy atom. The number of anilines is 2. The lowest BCUT2D eigenvalue weighted by Gasteiger charge is -2.10. The molecule has 0 bridgehead atoms. The number of ketones is 1. The summed E-state index contributed by atoms with van der Waals surface area (Å²) in [6.07, 6.45) is 0. The number of benzene rings is 2. The molecule has 0 atom stereocenters. The van der Waals surface area contributed by atoms with Crippen LogP contribution in [0.15, 0.2) is 48.2 Å². The van der Waals surface area contributed by atoms with Crippen LogP contribution in [-0.2, 0) is 4.79 Å². The minimum atomic E-state index is -0.230. The molecule has 0 fully saturated rings. The highest BCUT2D eigenvalue weighted by Crippen LogP contribution is 2.44. The molecule has 0 aliphatic carbocycles. The predicted molar refractivity (Wildman–Crippen MR) is 86.2 cm³/mol. The molecular formula is C17H11ClN2O2. The van der Waals surface area contributed by atoms with E-state index in [0.29, 0.717) is 33.1 Å². The molecule has 0 spiro atoms. The third-order valence-corrected chi connectivity index (χ3v) is 4.32. The Labute approximate surface area is 132 Å². The number of rotatable bonds is 0. The highest BCUT2D eigenvalue weighted by molar-refractivity contribution is 6.43. The van der Waals surface area contributed by atoms with Gasteiger partial charge in [0.15, 0.2) is 0 Å². The number of allylic oxidation sites excluding steroid dienone is 1. The molecule has 22 heavy (non-hydrogen) atoms. The van der Waals surface area contributed by atoms with Crippen molar-refractivity contribution in [2.75, 3.05) is 17.3 Å². The van der Waals surface area contributed by atoms with Crippen LogP contribution in [0.3, 0.4) is 0 Å². The fourth-order valence-electron chi connectivity index (χ4n) is 2.98. The van der Waals surface area contributed by atoms with Crippen LogP contribution in [-0.4, -0.2) is 18.7 Å². The zero-order valence-corrected chi connectivity index (χ0v) is 12.4. The summed E-state index contributed by atoms with van der Waals surface area (Å²) >= 11 is 6.21. The Morgan fingerprint density at radius 3 is 2.50 bits per heavy atom. The molecule has 0 radical (unpaired) electrons. The molecule has 0 aromatic heterocycles. The molecule has 2 heterocycles. The van der Waals surface area contributed by atoms with Gasteiger partial charge < -0.3 is 10.2 Å². The van der Waals surface area contributed by atoms with E-state index in [0.717, 1.165) is 5.69 Å². The number of amides is 1. The summed E-state index contributed by atoms with van der Waals surface area (Å²) in [7, 11) is 1.66. The summed E-state index contributed by atoms with van der Waals surface area (Å²) in [6.45, 7) is 0. The van der Waals surface area contributed by atoms with Gasteiger partial charge in [-0.15, -0.1) is 0 Å². The van der Waals surface area contributed by atoms with Gasteiger partial charge in [0.25, 0.3) is 5.91 Å². The SMILES string of the molecule is CN1C(=O)/C(=C2\Nc3ccccc3C2=O)c2cccc(Cl)c21. The third-order valence-electron chi connectivity index (χ3n) is 4.02. The molecule has 1 N–H and O–H groups in total. The minimum absolute atomic E-state index is 0.167. The average Bonchev–Trinajstić information content (AvgIpc) is 2.97. The molecule has 0 unspecified atom stereocenters. The summed E-state index contributed by atoms with van der Waals surface area (Å²) in [6, 6.07) is 12.5. The number of nitrogens with zero attached hydrogens (tertiary/aromatic N) is 1. The molecule has 1 amide bonds. The summed E-state index contributed by atoms with van der Waals surface area (Å²) in [5, 5.41) is 3.57. The number of para-hydroxylation sites is 2. The van der Waals surface area contributed by atoms with Gasteiger partial charge in [0.2, 0.25) is 5.78 Å². The van der Waals surface area contributed by atoms with E-state index in [9.17, 15) is 9.59 Å². The zero-order valence-electron chi connectivity index (χ0n) is 11.7. The molecule has 4 nitrogen and oxygen atoms in total. The summed E-state index contributed by atoms with van der Waals surface area (Å²) in [5.41, 5.74) is 3.32. The first-order chi connectivity index (χ1) is 10.6. The number of hydrogen-bond donors (Lipinski definition) is 1. The summed E-state index contributed by atoms with van der Waals surface area (Å²) in [5.74, 6) is -0.396. The number of hydrogen-bond acceptors (Lipinski definition) is 3. The Bertz CT molecular complexity index is 886. The van der Waals surface area contributed by atoms with Gasteiger partial charge in [0, 0.05) is 23.9 Å². The largest absolute Gasteiger partial charge is 0.351 e. The van der Waals surface area contributed by atoms with E-state index in [1.54, 1.807) is 31.3 Å². The first-order valence-corrected chi connectivity index (χ1v) is 7.19. The molecule has 2 aliphatic heterocycles. The van der Waals surface area contributed by atoms with Gasteiger partial charge in [-0.2, -0.15) is 0 Å². The maximum Gasteiger partial charge on any atom is 0.261 e. The first-order valence-electron chi connectivity index (χ1n) is 6.81. The van der Waals surface area contributed by atoms with Crippen LogP contribution in [0.4, 0.5) is 11.4 Å². The predicted octanol–water partition coefficient (Wildman–Crippen LogP) is 3.34. The Morgan fingerprint density at radius 1 is 1.00 bits per heavy atom. The van der Waals surface area contributed by atoms with Crippen molar-refractivity contribution >= 4 is 40.2 Å². The van der Waals surface area contributed by atoms with Crippen molar-refractivity contribution in [1.29, 1.82) is 0 Å². The molecule has 2 aromatic carbocycles. The lowest BCUT2D eigenvalue weighted by atomic mass is 10.0. The molecule has 2 aromatic rings. The molecular weight excluding hydrogens is 300 g/mol. The molecule has 2 aliphatic rings. The standard InChI is InChI=1S/C17H11ClN2O2/c1-20-15-10(6-4-7-11(15)18)13(17(20)22)14-16(21)9-5-2-3-8-12(9)19-14/h2-8,19H,1H3/b14-13-. The fourth-order valence-corrected chi connectivity index (χ4v) is 3.28. The van der Waals surface area contributed by atoms with Crippen molar-refractivity contribution in [1.82, 2.24) is 0 Å². The second kappa shape index (κ2) is 4.45. The van der Waals surface area contributed by atoms with Crippen molar-refractivity contribution in [2.45, 2.75) is 0 Å². The van der Waals surface area contributed by atoms with Crippen LogP contribution < -0.4 is 10.2 Å². The minimum Gasteiger partial charge on any atom is -0.351 e. The van der Waals surface area contributed by atoms with Gasteiger partial charge >= 0.3 is 0 Å². The second-order valence-corrected chi connectivity index (χ2v) is 5.66. The van der Waals surface area contributed by atoms with Gasteiger partial charge in [-0.1, -0.05) is 35.9 Å². The van der Waals surface area contributed by atoms with Crippen molar-refractivity contribution in [3.05, 3.63) is 64.3 Å². The van der Waals surface area contributed by atoms with Gasteiger partial charge in [-0.25, -0.2) is 0 Å². The van der Waals surface area contributed by atoms with Crippen LogP contribution in [0.5, 0.6) is 0 Å². The smallest absolute Gasteiger partial charge is 0.261 e. The first kappa shape index (κ1) is 13.1. The van der Waals surface area contributed by atoms with E-state index in [1.165, 1.54) is 4.90 Å². The van der Waals surface area contributed by atoms with E-state index >= 15 is 0 Å². The molecule has 108 valence electrons. The van der Waals surface area contributed by atoms with Gasteiger partial charge in [-0.3, -0.25) is 9.59 Å². The van der Waals surface area contributed by atoms with Crippen molar-refractivity contribution < 1.29 is 9.59 Å². The van der Waals surface area contributed by atoms with E-state index in [4.69, 9.17) is 11.6 Å². The van der Waals surface area contributed by atoms with Gasteiger partial charge in [0.1, 0.15) is 5.70 Å². The molecule has 0 saturated heterocycles. The highest BCUT2D eigenvalue weighted by Gasteiger charge is 2.38. The Balaban J connectivity index is 1.97. The van der Waals surface area contributed by atoms with E-state index in [1.807, 2.05) is 18.2 Å². The maximum atomic E-state index is 12.6. The van der Waals surface area contributed by atoms with Crippen LogP contribution in [0.2, 0.25) is 5.02 Å². The number of carbonyl (C=O) groups excluding carboxylic acids is 2. The number of likely N-dealkylation sites (N-methyl/N-ethyl adjacent to an activating group) is 1. The number of Topliss-reactive ketones (excluding diaryl/α,β-unsaturated/α-hetero) is 1. The lowest BCUT2D eigenvalue weighted by molar-refractivity contribution is -0.112. The number of nitrogens with one attached hydrogen (secondary N) is 1. The van der Waals surface area contributed by atoms with Crippen molar-refractivity contribution in [3.63, 3.8) is 0 Å². The van der Waals surface area contributed by atoms with Crippen LogP contribution >= 0.6 is 11.6 Å². The highest BCUT2D eigenvalue weighted by atomic mass is 35.5. The zero-order chi connectivity index (χ0) is 15.4. The van der Waals surface area contributed by atoms with Crippen LogP contribution in [0.25, 0.3) is 5.57 Å². The second-order valence-electron chi connectivity index (χ2n) is 5.25. The Kier molecular flexibility index (Phi) is 2.65.